The molecule has 4 unspecified atom stereocenters. The zero-order valence-electron chi connectivity index (χ0n) is 10.3. The Morgan fingerprint density at radius 1 is 0.846 bits per heavy atom. The Labute approximate surface area is 84.8 Å². The minimum absolute atomic E-state index is 0.686. The molecule has 78 valence electrons. The highest BCUT2D eigenvalue weighted by Gasteiger charge is 2.57. The first-order valence-electron chi connectivity index (χ1n) is 5.69. The fourth-order valence-electron chi connectivity index (χ4n) is 3.20. The van der Waals surface area contributed by atoms with E-state index in [1.807, 2.05) is 0 Å². The molecule has 0 radical (unpaired) electrons. The molecule has 1 heterocycles. The Bertz CT molecular complexity index is 172. The third-order valence-corrected chi connectivity index (χ3v) is 11.9. The van der Waals surface area contributed by atoms with Crippen LogP contribution in [0.15, 0.2) is 0 Å². The monoisotopic (exact) mass is 201 g/mol. The number of hydrogen-bond donors (Lipinski definition) is 0. The van der Waals surface area contributed by atoms with Crippen LogP contribution in [0.3, 0.4) is 0 Å². The van der Waals surface area contributed by atoms with Crippen molar-refractivity contribution in [3.05, 3.63) is 0 Å². The van der Waals surface area contributed by atoms with Crippen molar-refractivity contribution in [3.63, 3.8) is 0 Å². The van der Waals surface area contributed by atoms with Crippen LogP contribution in [0, 0.1) is 11.8 Å². The van der Waals surface area contributed by atoms with Crippen LogP contribution < -0.4 is 0 Å². The van der Waals surface area contributed by atoms with E-state index in [1.54, 1.807) is 0 Å². The molecule has 0 nitrogen and oxygen atoms in total. The Morgan fingerprint density at radius 3 is 1.31 bits per heavy atom. The molecule has 0 bridgehead atoms. The molecule has 0 aromatic carbocycles. The van der Waals surface area contributed by atoms with Crippen molar-refractivity contribution in [1.29, 1.82) is 0 Å². The highest BCUT2D eigenvalue weighted by molar-refractivity contribution is 7.77. The van der Waals surface area contributed by atoms with Crippen molar-refractivity contribution in [1.82, 2.24) is 0 Å². The number of hydrogen-bond acceptors (Lipinski definition) is 0. The molecule has 13 heavy (non-hydrogen) atoms. The standard InChI is InChI=1S/C12H26P/c1-8(2)13(7)11(5)9(3)10(4)12(13)6/h8-12H,1-7H3/q+1. The first kappa shape index (κ1) is 11.5. The Kier molecular flexibility index (Phi) is 3.13. The zero-order chi connectivity index (χ0) is 10.4. The zero-order valence-corrected chi connectivity index (χ0v) is 11.2. The molecule has 0 aliphatic carbocycles. The Hall–Kier alpha value is 0.430. The topological polar surface area (TPSA) is 0 Å². The quantitative estimate of drug-likeness (QED) is 0.560. The molecular weight excluding hydrogens is 175 g/mol. The lowest BCUT2D eigenvalue weighted by Gasteiger charge is -2.31. The molecule has 1 fully saturated rings. The van der Waals surface area contributed by atoms with Crippen LogP contribution in [0.2, 0.25) is 0 Å². The summed E-state index contributed by atoms with van der Waals surface area (Å²) in [7, 11) is -0.686. The molecule has 0 spiro atoms. The highest BCUT2D eigenvalue weighted by atomic mass is 31.2. The van der Waals surface area contributed by atoms with Crippen LogP contribution in [0.4, 0.5) is 0 Å². The maximum Gasteiger partial charge on any atom is 0.0701 e. The van der Waals surface area contributed by atoms with Crippen molar-refractivity contribution < 1.29 is 0 Å². The van der Waals surface area contributed by atoms with Gasteiger partial charge < -0.3 is 0 Å². The predicted octanol–water partition coefficient (Wildman–Crippen LogP) is 4.11. The second-order valence-corrected chi connectivity index (χ2v) is 10.6. The van der Waals surface area contributed by atoms with Crippen molar-refractivity contribution >= 4 is 7.26 Å². The maximum atomic E-state index is 2.60. The van der Waals surface area contributed by atoms with Gasteiger partial charge >= 0.3 is 0 Å². The third kappa shape index (κ3) is 1.46. The second-order valence-electron chi connectivity index (χ2n) is 5.51. The molecule has 0 aromatic rings. The van der Waals surface area contributed by atoms with Gasteiger partial charge in [0, 0.05) is 13.9 Å². The molecule has 1 aliphatic heterocycles. The van der Waals surface area contributed by atoms with E-state index in [1.165, 1.54) is 0 Å². The van der Waals surface area contributed by atoms with Gasteiger partial charge in [-0.15, -0.1) is 0 Å². The van der Waals surface area contributed by atoms with E-state index < -0.39 is 7.26 Å². The lowest BCUT2D eigenvalue weighted by atomic mass is 9.92. The lowest BCUT2D eigenvalue weighted by molar-refractivity contribution is 0.413. The third-order valence-electron chi connectivity index (χ3n) is 5.22. The van der Waals surface area contributed by atoms with Gasteiger partial charge in [-0.2, -0.15) is 0 Å². The fourth-order valence-corrected chi connectivity index (χ4v) is 8.40. The predicted molar refractivity (Wildman–Crippen MR) is 65.2 cm³/mol. The average Bonchev–Trinajstić information content (AvgIpc) is 2.22. The van der Waals surface area contributed by atoms with Gasteiger partial charge in [0.05, 0.1) is 17.0 Å². The summed E-state index contributed by atoms with van der Waals surface area (Å²) < 4.78 is 0. The minimum Gasteiger partial charge on any atom is -0.0584 e. The molecule has 1 heteroatoms. The van der Waals surface area contributed by atoms with Crippen LogP contribution >= 0.6 is 7.26 Å². The van der Waals surface area contributed by atoms with Gasteiger partial charge in [0.2, 0.25) is 0 Å². The van der Waals surface area contributed by atoms with Crippen LogP contribution in [0.25, 0.3) is 0 Å². The summed E-state index contributed by atoms with van der Waals surface area (Å²) in [5, 5.41) is 0. The van der Waals surface area contributed by atoms with Crippen LogP contribution in [-0.2, 0) is 0 Å². The van der Waals surface area contributed by atoms with Crippen LogP contribution in [0.5, 0.6) is 0 Å². The van der Waals surface area contributed by atoms with Crippen LogP contribution in [0.1, 0.15) is 41.5 Å². The van der Waals surface area contributed by atoms with E-state index in [0.29, 0.717) is 0 Å². The molecule has 0 saturated carbocycles. The summed E-state index contributed by atoms with van der Waals surface area (Å²) >= 11 is 0. The summed E-state index contributed by atoms with van der Waals surface area (Å²) in [4.78, 5) is 0. The molecular formula is C12H26P+. The summed E-state index contributed by atoms with van der Waals surface area (Å²) in [6, 6.07) is 0. The average molecular weight is 201 g/mol. The Morgan fingerprint density at radius 2 is 1.15 bits per heavy atom. The summed E-state index contributed by atoms with van der Waals surface area (Å²) in [5.41, 5.74) is 2.89. The van der Waals surface area contributed by atoms with Crippen molar-refractivity contribution in [2.75, 3.05) is 6.66 Å². The minimum atomic E-state index is -0.686. The number of rotatable bonds is 1. The molecule has 1 saturated heterocycles. The van der Waals surface area contributed by atoms with E-state index in [-0.39, 0.29) is 0 Å². The Balaban J connectivity index is 2.98. The smallest absolute Gasteiger partial charge is 0.0584 e. The largest absolute Gasteiger partial charge is 0.0701 e. The van der Waals surface area contributed by atoms with Gasteiger partial charge in [-0.05, 0) is 39.5 Å². The van der Waals surface area contributed by atoms with Crippen molar-refractivity contribution in [2.24, 2.45) is 11.8 Å². The van der Waals surface area contributed by atoms with Gasteiger partial charge in [0.25, 0.3) is 0 Å². The SMILES string of the molecule is CC1C(C)C(C)[P+](C)(C(C)C)C1C. The van der Waals surface area contributed by atoms with Gasteiger partial charge in [-0.25, -0.2) is 0 Å². The van der Waals surface area contributed by atoms with E-state index in [0.717, 1.165) is 28.8 Å². The summed E-state index contributed by atoms with van der Waals surface area (Å²) in [6.07, 6.45) is 0. The molecule has 4 atom stereocenters. The highest BCUT2D eigenvalue weighted by Crippen LogP contribution is 2.75. The second kappa shape index (κ2) is 3.54. The molecule has 0 amide bonds. The van der Waals surface area contributed by atoms with Crippen molar-refractivity contribution in [2.45, 2.75) is 58.5 Å². The molecule has 0 aromatic heterocycles. The normalized spacial score (nSPS) is 51.7. The molecule has 0 N–H and O–H groups in total. The van der Waals surface area contributed by atoms with Crippen molar-refractivity contribution in [3.8, 4) is 0 Å². The van der Waals surface area contributed by atoms with Gasteiger partial charge in [-0.1, -0.05) is 13.8 Å². The first-order chi connectivity index (χ1) is 5.83. The first-order valence-corrected chi connectivity index (χ1v) is 8.13. The van der Waals surface area contributed by atoms with Gasteiger partial charge in [-0.3, -0.25) is 0 Å². The van der Waals surface area contributed by atoms with E-state index >= 15 is 0 Å². The summed E-state index contributed by atoms with van der Waals surface area (Å²) in [5.74, 6) is 1.88. The van der Waals surface area contributed by atoms with E-state index in [9.17, 15) is 0 Å². The van der Waals surface area contributed by atoms with E-state index in [2.05, 4.69) is 48.2 Å². The molecule has 1 aliphatic rings. The van der Waals surface area contributed by atoms with Gasteiger partial charge in [0.1, 0.15) is 0 Å². The van der Waals surface area contributed by atoms with Crippen LogP contribution in [-0.4, -0.2) is 23.6 Å². The van der Waals surface area contributed by atoms with E-state index in [4.69, 9.17) is 0 Å². The lowest BCUT2D eigenvalue weighted by Crippen LogP contribution is -2.19. The van der Waals surface area contributed by atoms with Gasteiger partial charge in [0.15, 0.2) is 0 Å². The molecule has 1 rings (SSSR count). The fraction of sp³-hybridized carbons (Fsp3) is 1.00. The maximum absolute atomic E-state index is 2.60. The summed E-state index contributed by atoms with van der Waals surface area (Å²) in [6.45, 7) is 17.4.